The van der Waals surface area contributed by atoms with E-state index in [1.54, 1.807) is 12.4 Å². The molecule has 8 nitrogen and oxygen atoms in total. The Morgan fingerprint density at radius 2 is 2.07 bits per heavy atom. The molecule has 1 N–H and O–H groups in total. The van der Waals surface area contributed by atoms with Crippen LogP contribution in [0.5, 0.6) is 0 Å². The molecule has 3 aromatic rings. The first kappa shape index (κ1) is 19.9. The van der Waals surface area contributed by atoms with Crippen LogP contribution in [-0.4, -0.2) is 55.6 Å². The summed E-state index contributed by atoms with van der Waals surface area (Å²) in [7, 11) is 0. The Balaban J connectivity index is 0.00000225. The fourth-order valence-electron chi connectivity index (χ4n) is 3.21. The van der Waals surface area contributed by atoms with Crippen LogP contribution in [0.4, 0.5) is 0 Å². The molecule has 1 aromatic carbocycles. The van der Waals surface area contributed by atoms with Gasteiger partial charge in [-0.15, -0.1) is 22.6 Å². The summed E-state index contributed by atoms with van der Waals surface area (Å²) in [5.41, 5.74) is 3.07. The lowest BCUT2D eigenvalue weighted by Gasteiger charge is -2.36. The highest BCUT2D eigenvalue weighted by Gasteiger charge is 2.28. The fourth-order valence-corrected chi connectivity index (χ4v) is 3.21. The molecule has 1 aliphatic rings. The van der Waals surface area contributed by atoms with Crippen molar-refractivity contribution in [1.29, 1.82) is 0 Å². The van der Waals surface area contributed by atoms with E-state index in [1.807, 2.05) is 48.2 Å². The Labute approximate surface area is 169 Å². The predicted octanol–water partition coefficient (Wildman–Crippen LogP) is 1.64. The fraction of sp³-hybridized carbons (Fsp3) is 0.316. The van der Waals surface area contributed by atoms with E-state index in [0.29, 0.717) is 18.9 Å². The first-order chi connectivity index (χ1) is 13.2. The minimum atomic E-state index is -0.0416. The average molecular weight is 400 g/mol. The summed E-state index contributed by atoms with van der Waals surface area (Å²) < 4.78 is 0. The standard InChI is InChI=1S/C19H21N7O.ClH/c1-14-4-6-15(7-5-14)19-22-24-26(23-19)13-18(27)25-10-9-21-12-17(25)16-3-2-8-20-11-16;/h2-8,11,17,21H,9-10,12-13H2,1H3;1H. The number of piperazine rings is 1. The molecule has 2 aromatic heterocycles. The first-order valence-corrected chi connectivity index (χ1v) is 8.95. The van der Waals surface area contributed by atoms with Crippen molar-refractivity contribution in [1.82, 2.24) is 35.4 Å². The molecule has 0 spiro atoms. The predicted molar refractivity (Wildman–Crippen MR) is 107 cm³/mol. The normalized spacial score (nSPS) is 16.5. The summed E-state index contributed by atoms with van der Waals surface area (Å²) in [4.78, 5) is 20.3. The second-order valence-electron chi connectivity index (χ2n) is 6.60. The molecule has 0 saturated carbocycles. The van der Waals surface area contributed by atoms with Crippen molar-refractivity contribution in [2.45, 2.75) is 19.5 Å². The molecule has 1 unspecified atom stereocenters. The van der Waals surface area contributed by atoms with E-state index >= 15 is 0 Å². The zero-order valence-electron chi connectivity index (χ0n) is 15.5. The molecule has 0 radical (unpaired) electrons. The maximum atomic E-state index is 12.9. The van der Waals surface area contributed by atoms with E-state index in [4.69, 9.17) is 0 Å². The number of tetrazole rings is 1. The number of nitrogens with zero attached hydrogens (tertiary/aromatic N) is 6. The van der Waals surface area contributed by atoms with Gasteiger partial charge in [-0.25, -0.2) is 0 Å². The van der Waals surface area contributed by atoms with Crippen molar-refractivity contribution >= 4 is 18.3 Å². The Bertz CT molecular complexity index is 914. The first-order valence-electron chi connectivity index (χ1n) is 8.95. The Kier molecular flexibility index (Phi) is 6.33. The number of halogens is 1. The van der Waals surface area contributed by atoms with Crippen LogP contribution in [0.3, 0.4) is 0 Å². The molecule has 0 bridgehead atoms. The van der Waals surface area contributed by atoms with Crippen LogP contribution in [0.25, 0.3) is 11.4 Å². The molecule has 0 aliphatic carbocycles. The highest BCUT2D eigenvalue weighted by molar-refractivity contribution is 5.85. The molecule has 4 rings (SSSR count). The van der Waals surface area contributed by atoms with Gasteiger partial charge < -0.3 is 10.2 Å². The zero-order chi connectivity index (χ0) is 18.6. The number of amides is 1. The summed E-state index contributed by atoms with van der Waals surface area (Å²) in [5, 5.41) is 15.8. The molecule has 9 heteroatoms. The SMILES string of the molecule is Cc1ccc(-c2nnn(CC(=O)N3CCNCC3c3cccnc3)n2)cc1.Cl. The van der Waals surface area contributed by atoms with Crippen LogP contribution in [0, 0.1) is 6.92 Å². The van der Waals surface area contributed by atoms with Gasteiger partial charge in [-0.1, -0.05) is 35.9 Å². The van der Waals surface area contributed by atoms with Crippen molar-refractivity contribution in [2.75, 3.05) is 19.6 Å². The van der Waals surface area contributed by atoms with Crippen molar-refractivity contribution in [3.05, 3.63) is 59.9 Å². The third-order valence-electron chi connectivity index (χ3n) is 4.67. The minimum absolute atomic E-state index is 0. The van der Waals surface area contributed by atoms with Crippen molar-refractivity contribution in [3.63, 3.8) is 0 Å². The number of hydrogen-bond donors (Lipinski definition) is 1. The highest BCUT2D eigenvalue weighted by Crippen LogP contribution is 2.22. The monoisotopic (exact) mass is 399 g/mol. The Morgan fingerprint density at radius 1 is 1.25 bits per heavy atom. The quantitative estimate of drug-likeness (QED) is 0.717. The lowest BCUT2D eigenvalue weighted by atomic mass is 10.1. The molecule has 146 valence electrons. The van der Waals surface area contributed by atoms with Crippen molar-refractivity contribution in [2.24, 2.45) is 0 Å². The van der Waals surface area contributed by atoms with Gasteiger partial charge in [0.15, 0.2) is 0 Å². The third kappa shape index (κ3) is 4.35. The molecular weight excluding hydrogens is 378 g/mol. The summed E-state index contributed by atoms with van der Waals surface area (Å²) in [6, 6.07) is 11.7. The number of aromatic nitrogens is 5. The minimum Gasteiger partial charge on any atom is -0.331 e. The molecule has 1 fully saturated rings. The Morgan fingerprint density at radius 3 is 2.82 bits per heavy atom. The van der Waals surface area contributed by atoms with Crippen molar-refractivity contribution in [3.8, 4) is 11.4 Å². The average Bonchev–Trinajstić information content (AvgIpc) is 3.17. The van der Waals surface area contributed by atoms with Crippen LogP contribution < -0.4 is 5.32 Å². The van der Waals surface area contributed by atoms with E-state index in [9.17, 15) is 4.79 Å². The van der Waals surface area contributed by atoms with Gasteiger partial charge in [0.2, 0.25) is 11.7 Å². The number of aryl methyl sites for hydroxylation is 1. The second kappa shape index (κ2) is 8.90. The molecule has 1 atom stereocenters. The molecule has 28 heavy (non-hydrogen) atoms. The number of benzene rings is 1. The topological polar surface area (TPSA) is 88.8 Å². The molecular formula is C19H22ClN7O. The lowest BCUT2D eigenvalue weighted by molar-refractivity contribution is -0.135. The summed E-state index contributed by atoms with van der Waals surface area (Å²) in [6.45, 7) is 4.20. The van der Waals surface area contributed by atoms with Gasteiger partial charge in [0, 0.05) is 37.6 Å². The zero-order valence-corrected chi connectivity index (χ0v) is 16.3. The van der Waals surface area contributed by atoms with Crippen LogP contribution in [0.15, 0.2) is 48.8 Å². The van der Waals surface area contributed by atoms with Gasteiger partial charge in [0.05, 0.1) is 6.04 Å². The highest BCUT2D eigenvalue weighted by atomic mass is 35.5. The molecule has 1 aliphatic heterocycles. The van der Waals surface area contributed by atoms with Gasteiger partial charge in [0.1, 0.15) is 6.54 Å². The third-order valence-corrected chi connectivity index (χ3v) is 4.67. The number of carbonyl (C=O) groups is 1. The number of carbonyl (C=O) groups excluding carboxylic acids is 1. The number of rotatable bonds is 4. The van der Waals surface area contributed by atoms with Crippen LogP contribution in [0.1, 0.15) is 17.2 Å². The molecule has 3 heterocycles. The van der Waals surface area contributed by atoms with E-state index < -0.39 is 0 Å². The van der Waals surface area contributed by atoms with Crippen LogP contribution in [-0.2, 0) is 11.3 Å². The van der Waals surface area contributed by atoms with Gasteiger partial charge in [-0.2, -0.15) is 4.80 Å². The van der Waals surface area contributed by atoms with Gasteiger partial charge in [-0.05, 0) is 23.8 Å². The number of hydrogen-bond acceptors (Lipinski definition) is 6. The van der Waals surface area contributed by atoms with Gasteiger partial charge >= 0.3 is 0 Å². The largest absolute Gasteiger partial charge is 0.331 e. The van der Waals surface area contributed by atoms with E-state index in [-0.39, 0.29) is 30.9 Å². The van der Waals surface area contributed by atoms with E-state index in [0.717, 1.165) is 17.7 Å². The van der Waals surface area contributed by atoms with Gasteiger partial charge in [0.25, 0.3) is 0 Å². The van der Waals surface area contributed by atoms with E-state index in [2.05, 4.69) is 25.7 Å². The maximum absolute atomic E-state index is 12.9. The number of pyridine rings is 1. The summed E-state index contributed by atoms with van der Waals surface area (Å²) in [6.07, 6.45) is 3.54. The second-order valence-corrected chi connectivity index (χ2v) is 6.60. The van der Waals surface area contributed by atoms with Crippen LogP contribution in [0.2, 0.25) is 0 Å². The molecule has 1 amide bonds. The summed E-state index contributed by atoms with van der Waals surface area (Å²) in [5.74, 6) is 0.491. The van der Waals surface area contributed by atoms with E-state index in [1.165, 1.54) is 10.4 Å². The number of nitrogens with one attached hydrogen (secondary N) is 1. The summed E-state index contributed by atoms with van der Waals surface area (Å²) >= 11 is 0. The molecule has 1 saturated heterocycles. The van der Waals surface area contributed by atoms with Crippen molar-refractivity contribution < 1.29 is 4.79 Å². The smallest absolute Gasteiger partial charge is 0.246 e. The van der Waals surface area contributed by atoms with Gasteiger partial charge in [-0.3, -0.25) is 9.78 Å². The van der Waals surface area contributed by atoms with Crippen LogP contribution >= 0.6 is 12.4 Å². The Hall–Kier alpha value is -2.84. The lowest BCUT2D eigenvalue weighted by Crippen LogP contribution is -2.49. The maximum Gasteiger partial charge on any atom is 0.246 e.